The minimum atomic E-state index is -0.783. The Morgan fingerprint density at radius 3 is 2.50 bits per heavy atom. The monoisotopic (exact) mass is 474 g/mol. The molecule has 2 aromatic carbocycles. The molecule has 0 saturated heterocycles. The Morgan fingerprint density at radius 2 is 1.79 bits per heavy atom. The van der Waals surface area contributed by atoms with Gasteiger partial charge in [0.25, 0.3) is 11.5 Å². The molecule has 2 N–H and O–H groups in total. The Bertz CT molecular complexity index is 1440. The molecule has 0 aliphatic rings. The molecule has 4 rings (SSSR count). The molecule has 2 heterocycles. The molecule has 1 atom stereocenters. The van der Waals surface area contributed by atoms with E-state index in [1.54, 1.807) is 26.0 Å². The van der Waals surface area contributed by atoms with Crippen LogP contribution in [0.1, 0.15) is 46.3 Å². The van der Waals surface area contributed by atoms with Crippen LogP contribution in [0.4, 0.5) is 11.4 Å². The number of hydrogen-bond donors (Lipinski definition) is 2. The van der Waals surface area contributed by atoms with Gasteiger partial charge in [0.15, 0.2) is 0 Å². The Labute approximate surface area is 201 Å². The quantitative estimate of drug-likeness (QED) is 0.407. The summed E-state index contributed by atoms with van der Waals surface area (Å²) in [5.41, 5.74) is 3.65. The van der Waals surface area contributed by atoms with Crippen molar-refractivity contribution in [3.8, 4) is 0 Å². The number of hydrogen-bond acceptors (Lipinski definition) is 5. The van der Waals surface area contributed by atoms with Crippen LogP contribution in [0.15, 0.2) is 59.7 Å². The van der Waals surface area contributed by atoms with Gasteiger partial charge in [-0.25, -0.2) is 4.98 Å². The average Bonchev–Trinajstić information content (AvgIpc) is 3.18. The lowest BCUT2D eigenvalue weighted by atomic mass is 10.1. The fraction of sp³-hybridized carbons (Fsp3) is 0.231. The number of rotatable bonds is 6. The largest absolute Gasteiger partial charge is 0.324 e. The van der Waals surface area contributed by atoms with Crippen molar-refractivity contribution < 1.29 is 9.59 Å². The van der Waals surface area contributed by atoms with Gasteiger partial charge in [0.2, 0.25) is 5.91 Å². The number of aromatic nitrogens is 2. The Kier molecular flexibility index (Phi) is 6.61. The number of aryl methyl sites for hydroxylation is 3. The summed E-state index contributed by atoms with van der Waals surface area (Å²) in [5, 5.41) is 6.19. The van der Waals surface area contributed by atoms with Gasteiger partial charge in [-0.2, -0.15) is 0 Å². The number of nitrogens with zero attached hydrogens (tertiary/aromatic N) is 2. The Hall–Kier alpha value is -3.78. The normalized spacial score (nSPS) is 11.9. The SMILES string of the molecule is CCc1cccc(C)c1NC(=O)C(C)n1cnc2sc(C(=O)Nc3ccccc3)c(C)c2c1=O. The van der Waals surface area contributed by atoms with Gasteiger partial charge in [-0.05, 0) is 56.0 Å². The van der Waals surface area contributed by atoms with Crippen molar-refractivity contribution in [2.45, 2.75) is 40.2 Å². The summed E-state index contributed by atoms with van der Waals surface area (Å²) < 4.78 is 1.32. The average molecular weight is 475 g/mol. The maximum atomic E-state index is 13.3. The molecule has 1 unspecified atom stereocenters. The van der Waals surface area contributed by atoms with Gasteiger partial charge >= 0.3 is 0 Å². The molecule has 34 heavy (non-hydrogen) atoms. The van der Waals surface area contributed by atoms with Crippen LogP contribution in [-0.2, 0) is 11.2 Å². The summed E-state index contributed by atoms with van der Waals surface area (Å²) in [6.07, 6.45) is 2.16. The summed E-state index contributed by atoms with van der Waals surface area (Å²) in [4.78, 5) is 44.5. The molecular weight excluding hydrogens is 448 g/mol. The van der Waals surface area contributed by atoms with Crippen molar-refractivity contribution >= 4 is 44.7 Å². The number of fused-ring (bicyclic) bond motifs is 1. The summed E-state index contributed by atoms with van der Waals surface area (Å²) in [5.74, 6) is -0.600. The maximum absolute atomic E-state index is 13.3. The van der Waals surface area contributed by atoms with Crippen LogP contribution in [-0.4, -0.2) is 21.4 Å². The topological polar surface area (TPSA) is 93.1 Å². The molecule has 2 aromatic heterocycles. The van der Waals surface area contributed by atoms with Gasteiger partial charge in [0.1, 0.15) is 10.9 Å². The molecule has 0 fully saturated rings. The zero-order chi connectivity index (χ0) is 24.4. The lowest BCUT2D eigenvalue weighted by Gasteiger charge is -2.18. The summed E-state index contributed by atoms with van der Waals surface area (Å²) in [6, 6.07) is 14.2. The van der Waals surface area contributed by atoms with Gasteiger partial charge in [0, 0.05) is 11.4 Å². The summed E-state index contributed by atoms with van der Waals surface area (Å²) in [7, 11) is 0. The van der Waals surface area contributed by atoms with Crippen LogP contribution in [0.2, 0.25) is 0 Å². The summed E-state index contributed by atoms with van der Waals surface area (Å²) >= 11 is 1.17. The van der Waals surface area contributed by atoms with Crippen LogP contribution < -0.4 is 16.2 Å². The van der Waals surface area contributed by atoms with Gasteiger partial charge in [-0.3, -0.25) is 19.0 Å². The minimum Gasteiger partial charge on any atom is -0.324 e. The second kappa shape index (κ2) is 9.61. The van der Waals surface area contributed by atoms with Crippen molar-refractivity contribution in [3.63, 3.8) is 0 Å². The van der Waals surface area contributed by atoms with Crippen LogP contribution >= 0.6 is 11.3 Å². The predicted octanol–water partition coefficient (Wildman–Crippen LogP) is 5.09. The number of amides is 2. The molecule has 7 nitrogen and oxygen atoms in total. The van der Waals surface area contributed by atoms with Crippen LogP contribution in [0.25, 0.3) is 10.2 Å². The van der Waals surface area contributed by atoms with E-state index in [1.807, 2.05) is 50.2 Å². The fourth-order valence-electron chi connectivity index (χ4n) is 3.89. The molecule has 0 bridgehead atoms. The molecule has 4 aromatic rings. The first-order valence-corrected chi connectivity index (χ1v) is 11.9. The van der Waals surface area contributed by atoms with Gasteiger partial charge in [-0.15, -0.1) is 11.3 Å². The van der Waals surface area contributed by atoms with Crippen molar-refractivity contribution in [3.05, 3.63) is 86.8 Å². The van der Waals surface area contributed by atoms with Gasteiger partial charge in [0.05, 0.1) is 16.6 Å². The minimum absolute atomic E-state index is 0.296. The molecule has 8 heteroatoms. The molecule has 0 aliphatic heterocycles. The van der Waals surface area contributed by atoms with E-state index < -0.39 is 6.04 Å². The smallest absolute Gasteiger partial charge is 0.266 e. The number of nitrogens with one attached hydrogen (secondary N) is 2. The number of anilines is 2. The zero-order valence-corrected chi connectivity index (χ0v) is 20.3. The van der Waals surface area contributed by atoms with E-state index in [0.29, 0.717) is 26.3 Å². The highest BCUT2D eigenvalue weighted by Crippen LogP contribution is 2.28. The standard InChI is InChI=1S/C26H26N4O3S/c1-5-18-11-9-10-15(2)21(18)29-23(31)17(4)30-14-27-25-20(26(30)33)16(3)22(34-25)24(32)28-19-12-7-6-8-13-19/h6-14,17H,5H2,1-4H3,(H,28,32)(H,29,31). The van der Waals surface area contributed by atoms with Gasteiger partial charge < -0.3 is 10.6 Å². The number of carbonyl (C=O) groups excluding carboxylic acids is 2. The zero-order valence-electron chi connectivity index (χ0n) is 19.5. The highest BCUT2D eigenvalue weighted by Gasteiger charge is 2.23. The highest BCUT2D eigenvalue weighted by molar-refractivity contribution is 7.20. The highest BCUT2D eigenvalue weighted by atomic mass is 32.1. The first kappa shape index (κ1) is 23.4. The fourth-order valence-corrected chi connectivity index (χ4v) is 4.93. The van der Waals surface area contributed by atoms with E-state index >= 15 is 0 Å². The number of thiophene rings is 1. The van der Waals surface area contributed by atoms with E-state index in [-0.39, 0.29) is 17.4 Å². The lowest BCUT2D eigenvalue weighted by molar-refractivity contribution is -0.118. The predicted molar refractivity (Wildman–Crippen MR) is 137 cm³/mol. The van der Waals surface area contributed by atoms with Crippen LogP contribution in [0.3, 0.4) is 0 Å². The van der Waals surface area contributed by atoms with E-state index in [2.05, 4.69) is 15.6 Å². The lowest BCUT2D eigenvalue weighted by Crippen LogP contribution is -2.32. The molecule has 0 aliphatic carbocycles. The maximum Gasteiger partial charge on any atom is 0.266 e. The van der Waals surface area contributed by atoms with Crippen molar-refractivity contribution in [2.75, 3.05) is 10.6 Å². The van der Waals surface area contributed by atoms with E-state index in [1.165, 1.54) is 22.2 Å². The molecule has 0 saturated carbocycles. The summed E-state index contributed by atoms with van der Waals surface area (Å²) in [6.45, 7) is 7.37. The second-order valence-corrected chi connectivity index (χ2v) is 9.14. The number of benzene rings is 2. The Balaban J connectivity index is 1.65. The Morgan fingerprint density at radius 1 is 1.06 bits per heavy atom. The van der Waals surface area contributed by atoms with E-state index in [0.717, 1.165) is 23.2 Å². The molecule has 174 valence electrons. The third-order valence-electron chi connectivity index (χ3n) is 5.90. The number of para-hydroxylation sites is 2. The first-order valence-electron chi connectivity index (χ1n) is 11.1. The van der Waals surface area contributed by atoms with E-state index in [4.69, 9.17) is 0 Å². The molecule has 0 radical (unpaired) electrons. The third-order valence-corrected chi connectivity index (χ3v) is 7.10. The van der Waals surface area contributed by atoms with Crippen LogP contribution in [0.5, 0.6) is 0 Å². The van der Waals surface area contributed by atoms with Gasteiger partial charge in [-0.1, -0.05) is 43.3 Å². The molecular formula is C26H26N4O3S. The third kappa shape index (κ3) is 4.36. The second-order valence-electron chi connectivity index (χ2n) is 8.14. The van der Waals surface area contributed by atoms with E-state index in [9.17, 15) is 14.4 Å². The van der Waals surface area contributed by atoms with Crippen molar-refractivity contribution in [1.29, 1.82) is 0 Å². The number of carbonyl (C=O) groups is 2. The first-order chi connectivity index (χ1) is 16.3. The van der Waals surface area contributed by atoms with Crippen molar-refractivity contribution in [2.24, 2.45) is 0 Å². The molecule has 2 amide bonds. The van der Waals surface area contributed by atoms with Crippen molar-refractivity contribution in [1.82, 2.24) is 9.55 Å². The van der Waals surface area contributed by atoms with Crippen LogP contribution in [0, 0.1) is 13.8 Å². The molecule has 0 spiro atoms.